The van der Waals surface area contributed by atoms with E-state index in [1.165, 1.54) is 0 Å². The van der Waals surface area contributed by atoms with Crippen LogP contribution in [0.15, 0.2) is 0 Å². The molecule has 5 nitrogen and oxygen atoms in total. The third kappa shape index (κ3) is 6.54. The van der Waals surface area contributed by atoms with Crippen LogP contribution in [-0.2, 0) is 14.3 Å². The summed E-state index contributed by atoms with van der Waals surface area (Å²) in [6.45, 7) is 6.56. The topological polar surface area (TPSA) is 59.6 Å². The van der Waals surface area contributed by atoms with Crippen molar-refractivity contribution < 1.29 is 14.3 Å². The van der Waals surface area contributed by atoms with Gasteiger partial charge < -0.3 is 20.1 Å². The van der Waals surface area contributed by atoms with Crippen molar-refractivity contribution >= 4 is 18.3 Å². The number of rotatable bonds is 7. The lowest BCUT2D eigenvalue weighted by Crippen LogP contribution is -2.42. The molecule has 1 rings (SSSR count). The van der Waals surface area contributed by atoms with Crippen LogP contribution in [0.4, 0.5) is 0 Å². The van der Waals surface area contributed by atoms with Gasteiger partial charge in [-0.25, -0.2) is 0 Å². The average Bonchev–Trinajstić information content (AvgIpc) is 2.79. The van der Waals surface area contributed by atoms with Gasteiger partial charge in [0.25, 0.3) is 0 Å². The van der Waals surface area contributed by atoms with Gasteiger partial charge in [0.1, 0.15) is 0 Å². The maximum absolute atomic E-state index is 11.7. The summed E-state index contributed by atoms with van der Waals surface area (Å²) in [7, 11) is 1.84. The van der Waals surface area contributed by atoms with Crippen molar-refractivity contribution in [1.29, 1.82) is 0 Å². The van der Waals surface area contributed by atoms with Crippen molar-refractivity contribution in [3.63, 3.8) is 0 Å². The van der Waals surface area contributed by atoms with Gasteiger partial charge in [-0.15, -0.1) is 12.4 Å². The average molecular weight is 281 g/mol. The summed E-state index contributed by atoms with van der Waals surface area (Å²) in [5.74, 6) is 0.0513. The van der Waals surface area contributed by atoms with Crippen LogP contribution in [-0.4, -0.2) is 51.5 Å². The molecule has 1 aliphatic heterocycles. The van der Waals surface area contributed by atoms with Crippen molar-refractivity contribution in [2.24, 2.45) is 5.92 Å². The molecule has 3 unspecified atom stereocenters. The van der Waals surface area contributed by atoms with E-state index in [2.05, 4.69) is 10.6 Å². The molecule has 1 saturated heterocycles. The molecule has 0 spiro atoms. The van der Waals surface area contributed by atoms with Gasteiger partial charge >= 0.3 is 0 Å². The van der Waals surface area contributed by atoms with Crippen molar-refractivity contribution in [1.82, 2.24) is 10.6 Å². The van der Waals surface area contributed by atoms with Gasteiger partial charge in [-0.05, 0) is 20.4 Å². The molecule has 1 amide bonds. The number of nitrogens with one attached hydrogen (secondary N) is 2. The Morgan fingerprint density at radius 3 is 2.78 bits per heavy atom. The summed E-state index contributed by atoms with van der Waals surface area (Å²) in [6.07, 6.45) is 1.15. The number of halogens is 1. The zero-order valence-electron chi connectivity index (χ0n) is 11.4. The van der Waals surface area contributed by atoms with E-state index < -0.39 is 0 Å². The number of carbonyl (C=O) groups excluding carboxylic acids is 1. The zero-order valence-corrected chi connectivity index (χ0v) is 12.2. The smallest absolute Gasteiger partial charge is 0.224 e. The van der Waals surface area contributed by atoms with Crippen LogP contribution in [0, 0.1) is 5.92 Å². The first-order valence-corrected chi connectivity index (χ1v) is 6.27. The highest BCUT2D eigenvalue weighted by molar-refractivity contribution is 5.85. The fraction of sp³-hybridized carbons (Fsp3) is 0.917. The van der Waals surface area contributed by atoms with Crippen molar-refractivity contribution in [3.8, 4) is 0 Å². The summed E-state index contributed by atoms with van der Waals surface area (Å²) >= 11 is 0. The largest absolute Gasteiger partial charge is 0.379 e. The molecule has 1 aliphatic rings. The second kappa shape index (κ2) is 9.55. The Balaban J connectivity index is 0.00000289. The van der Waals surface area contributed by atoms with E-state index >= 15 is 0 Å². The lowest BCUT2D eigenvalue weighted by atomic mass is 10.1. The van der Waals surface area contributed by atoms with Crippen LogP contribution in [0.5, 0.6) is 0 Å². The monoisotopic (exact) mass is 280 g/mol. The number of hydrogen-bond acceptors (Lipinski definition) is 4. The molecule has 6 heteroatoms. The summed E-state index contributed by atoms with van der Waals surface area (Å²) in [5, 5.41) is 5.93. The molecule has 0 aliphatic carbocycles. The Labute approximate surface area is 115 Å². The van der Waals surface area contributed by atoms with Crippen molar-refractivity contribution in [2.75, 3.05) is 33.4 Å². The fourth-order valence-corrected chi connectivity index (χ4v) is 1.75. The first-order chi connectivity index (χ1) is 8.13. The van der Waals surface area contributed by atoms with Gasteiger partial charge in [0.2, 0.25) is 5.91 Å². The Hall–Kier alpha value is -0.360. The molecule has 0 aromatic heterocycles. The molecule has 18 heavy (non-hydrogen) atoms. The quantitative estimate of drug-likeness (QED) is 0.716. The summed E-state index contributed by atoms with van der Waals surface area (Å²) in [5.41, 5.74) is 0. The number of carbonyl (C=O) groups is 1. The van der Waals surface area contributed by atoms with E-state index in [1.807, 2.05) is 20.9 Å². The molecule has 0 aromatic carbocycles. The van der Waals surface area contributed by atoms with Crippen LogP contribution in [0.1, 0.15) is 20.3 Å². The predicted molar refractivity (Wildman–Crippen MR) is 73.1 cm³/mol. The number of hydrogen-bond donors (Lipinski definition) is 2. The molecule has 1 fully saturated rings. The van der Waals surface area contributed by atoms with Crippen LogP contribution >= 0.6 is 12.4 Å². The standard InChI is InChI=1S/C12H24N2O3.ClH/c1-9(6-13-3)12(15)14-10(2)7-17-11-4-5-16-8-11;/h9-11,13H,4-8H2,1-3H3,(H,14,15);1H. The summed E-state index contributed by atoms with van der Waals surface area (Å²) in [6, 6.07) is 0.0439. The van der Waals surface area contributed by atoms with Crippen LogP contribution < -0.4 is 10.6 Å². The molecule has 2 N–H and O–H groups in total. The SMILES string of the molecule is CNCC(C)C(=O)NC(C)COC1CCOC1.Cl. The second-order valence-electron chi connectivity index (χ2n) is 4.69. The van der Waals surface area contributed by atoms with Crippen LogP contribution in [0.3, 0.4) is 0 Å². The fourth-order valence-electron chi connectivity index (χ4n) is 1.75. The third-order valence-corrected chi connectivity index (χ3v) is 2.82. The maximum atomic E-state index is 11.7. The lowest BCUT2D eigenvalue weighted by molar-refractivity contribution is -0.125. The number of amides is 1. The Morgan fingerprint density at radius 1 is 1.50 bits per heavy atom. The third-order valence-electron chi connectivity index (χ3n) is 2.82. The molecule has 0 radical (unpaired) electrons. The highest BCUT2D eigenvalue weighted by Crippen LogP contribution is 2.08. The molecule has 0 saturated carbocycles. The minimum Gasteiger partial charge on any atom is -0.379 e. The maximum Gasteiger partial charge on any atom is 0.224 e. The molecule has 108 valence electrons. The summed E-state index contributed by atoms with van der Waals surface area (Å²) < 4.78 is 10.9. The molecular formula is C12H25ClN2O3. The highest BCUT2D eigenvalue weighted by atomic mass is 35.5. The Bertz CT molecular complexity index is 235. The number of ether oxygens (including phenoxy) is 2. The molecular weight excluding hydrogens is 256 g/mol. The van der Waals surface area contributed by atoms with Gasteiger partial charge in [0.15, 0.2) is 0 Å². The van der Waals surface area contributed by atoms with E-state index in [-0.39, 0.29) is 36.4 Å². The first kappa shape index (κ1) is 17.6. The van der Waals surface area contributed by atoms with Gasteiger partial charge in [-0.3, -0.25) is 4.79 Å². The minimum absolute atomic E-state index is 0. The Morgan fingerprint density at radius 2 is 2.22 bits per heavy atom. The van der Waals surface area contributed by atoms with E-state index in [0.717, 1.165) is 13.0 Å². The van der Waals surface area contributed by atoms with Gasteiger partial charge in [0.05, 0.1) is 19.3 Å². The summed E-state index contributed by atoms with van der Waals surface area (Å²) in [4.78, 5) is 11.7. The molecule has 0 bridgehead atoms. The van der Waals surface area contributed by atoms with Crippen LogP contribution in [0.25, 0.3) is 0 Å². The van der Waals surface area contributed by atoms with Crippen LogP contribution in [0.2, 0.25) is 0 Å². The van der Waals surface area contributed by atoms with E-state index in [1.54, 1.807) is 0 Å². The molecule has 3 atom stereocenters. The Kier molecular flexibility index (Phi) is 9.36. The zero-order chi connectivity index (χ0) is 12.7. The minimum atomic E-state index is -0.0164. The van der Waals surface area contributed by atoms with Gasteiger partial charge in [-0.2, -0.15) is 0 Å². The lowest BCUT2D eigenvalue weighted by Gasteiger charge is -2.19. The van der Waals surface area contributed by atoms with E-state index in [9.17, 15) is 4.79 Å². The van der Waals surface area contributed by atoms with Gasteiger partial charge in [-0.1, -0.05) is 6.92 Å². The first-order valence-electron chi connectivity index (χ1n) is 6.27. The second-order valence-corrected chi connectivity index (χ2v) is 4.69. The van der Waals surface area contributed by atoms with Gasteiger partial charge in [0, 0.05) is 25.1 Å². The normalized spacial score (nSPS) is 22.1. The predicted octanol–water partition coefficient (Wildman–Crippen LogP) is 0.574. The highest BCUT2D eigenvalue weighted by Gasteiger charge is 2.18. The van der Waals surface area contributed by atoms with Crippen molar-refractivity contribution in [3.05, 3.63) is 0 Å². The molecule has 0 aromatic rings. The van der Waals surface area contributed by atoms with Crippen molar-refractivity contribution in [2.45, 2.75) is 32.4 Å². The van der Waals surface area contributed by atoms with E-state index in [0.29, 0.717) is 19.8 Å². The molecule has 1 heterocycles. The van der Waals surface area contributed by atoms with E-state index in [4.69, 9.17) is 9.47 Å².